The molecule has 0 fully saturated rings. The van der Waals surface area contributed by atoms with Crippen LogP contribution in [0.2, 0.25) is 0 Å². The van der Waals surface area contributed by atoms with Crippen LogP contribution < -0.4 is 22.9 Å². The zero-order valence-corrected chi connectivity index (χ0v) is 21.5. The van der Waals surface area contributed by atoms with Gasteiger partial charge in [-0.05, 0) is 31.9 Å². The minimum absolute atomic E-state index is 0. The van der Waals surface area contributed by atoms with E-state index >= 15 is 0 Å². The topological polar surface area (TPSA) is 72.2 Å². The van der Waals surface area contributed by atoms with Crippen molar-refractivity contribution in [2.24, 2.45) is 5.73 Å². The van der Waals surface area contributed by atoms with Gasteiger partial charge in [-0.3, -0.25) is 0 Å². The second kappa shape index (κ2) is 13.8. The molecule has 3 N–H and O–H groups in total. The van der Waals surface area contributed by atoms with Gasteiger partial charge >= 0.3 is 19.5 Å². The Balaban J connectivity index is 0.000000695. The fraction of sp³-hybridized carbons (Fsp3) is 0.250. The molecule has 1 radical (unpaired) electrons. The number of nitrogens with one attached hydrogen (secondary N) is 1. The summed E-state index contributed by atoms with van der Waals surface area (Å²) in [6.45, 7) is 6.38. The summed E-state index contributed by atoms with van der Waals surface area (Å²) in [6.07, 6.45) is 1.14. The summed E-state index contributed by atoms with van der Waals surface area (Å²) in [5, 5.41) is 0. The number of hydrogen-bond donors (Lipinski definition) is 2. The molecule has 0 saturated heterocycles. The van der Waals surface area contributed by atoms with Crippen LogP contribution in [0.4, 0.5) is 0 Å². The molecule has 0 unspecified atom stereocenters. The SMILES string of the molecule is CS(=O)(=O)N[C@H](c1ccccc1)[C@H](N)c1ccccc1.Cc1cc(C)cc(C)c1.[Cl-].[Ru+]. The van der Waals surface area contributed by atoms with Crippen molar-refractivity contribution in [1.29, 1.82) is 0 Å². The first-order chi connectivity index (χ1) is 13.7. The summed E-state index contributed by atoms with van der Waals surface area (Å²) in [5.41, 5.74) is 12.0. The van der Waals surface area contributed by atoms with Gasteiger partial charge < -0.3 is 18.1 Å². The van der Waals surface area contributed by atoms with Crippen molar-refractivity contribution in [2.45, 2.75) is 32.9 Å². The van der Waals surface area contributed by atoms with Gasteiger partial charge in [0.2, 0.25) is 10.0 Å². The molecule has 4 nitrogen and oxygen atoms in total. The van der Waals surface area contributed by atoms with Crippen LogP contribution >= 0.6 is 0 Å². The van der Waals surface area contributed by atoms with Crippen molar-refractivity contribution in [3.8, 4) is 0 Å². The number of benzene rings is 3. The third-order valence-electron chi connectivity index (χ3n) is 4.41. The van der Waals surface area contributed by atoms with E-state index < -0.39 is 22.1 Å². The molecule has 31 heavy (non-hydrogen) atoms. The standard InChI is InChI=1S/C15H18N2O2S.C9H12.ClH.Ru/c1-20(18,19)17-15(13-10-6-3-7-11-13)14(16)12-8-4-2-5-9-12;1-7-4-8(2)6-9(3)5-7;;/h2-11,14-15,17H,16H2,1H3;4-6H,1-3H3;1H;/q;;;+1/p-1/t14-,15-;;;/m1.../s1. The number of sulfonamides is 1. The van der Waals surface area contributed by atoms with Crippen LogP contribution in [0.25, 0.3) is 0 Å². The molecule has 3 aromatic rings. The van der Waals surface area contributed by atoms with Gasteiger partial charge in [-0.1, -0.05) is 95.6 Å². The summed E-state index contributed by atoms with van der Waals surface area (Å²) in [5.74, 6) is 0. The molecule has 169 valence electrons. The summed E-state index contributed by atoms with van der Waals surface area (Å²) < 4.78 is 25.8. The van der Waals surface area contributed by atoms with Crippen molar-refractivity contribution in [3.63, 3.8) is 0 Å². The number of rotatable bonds is 5. The Morgan fingerprint density at radius 1 is 0.742 bits per heavy atom. The first-order valence-electron chi connectivity index (χ1n) is 9.53. The van der Waals surface area contributed by atoms with Gasteiger partial charge in [0.15, 0.2) is 0 Å². The number of aryl methyl sites for hydroxylation is 3. The summed E-state index contributed by atoms with van der Waals surface area (Å²) >= 11 is 0. The molecule has 0 aliphatic heterocycles. The first kappa shape index (κ1) is 29.4. The summed E-state index contributed by atoms with van der Waals surface area (Å²) in [4.78, 5) is 0. The van der Waals surface area contributed by atoms with Gasteiger partial charge in [0.1, 0.15) is 0 Å². The number of halogens is 1. The van der Waals surface area contributed by atoms with Crippen LogP contribution in [0, 0.1) is 20.8 Å². The van der Waals surface area contributed by atoms with Crippen LogP contribution in [0.15, 0.2) is 78.9 Å². The van der Waals surface area contributed by atoms with Gasteiger partial charge in [-0.15, -0.1) is 0 Å². The van der Waals surface area contributed by atoms with Crippen LogP contribution in [0.1, 0.15) is 39.9 Å². The molecule has 0 bridgehead atoms. The second-order valence-corrected chi connectivity index (χ2v) is 9.16. The van der Waals surface area contributed by atoms with E-state index in [-0.39, 0.29) is 31.9 Å². The van der Waals surface area contributed by atoms with E-state index in [1.807, 2.05) is 60.7 Å². The maximum Gasteiger partial charge on any atom is 1.00 e. The smallest absolute Gasteiger partial charge is 1.00 e. The van der Waals surface area contributed by atoms with E-state index in [2.05, 4.69) is 43.7 Å². The van der Waals surface area contributed by atoms with Crippen LogP contribution in [0.3, 0.4) is 0 Å². The molecule has 2 atom stereocenters. The fourth-order valence-corrected chi connectivity index (χ4v) is 4.05. The van der Waals surface area contributed by atoms with Gasteiger partial charge in [0.05, 0.1) is 18.3 Å². The molecule has 0 amide bonds. The van der Waals surface area contributed by atoms with Gasteiger partial charge in [-0.25, -0.2) is 13.1 Å². The van der Waals surface area contributed by atoms with Gasteiger partial charge in [-0.2, -0.15) is 0 Å². The zero-order valence-electron chi connectivity index (χ0n) is 18.2. The first-order valence-corrected chi connectivity index (χ1v) is 11.4. The van der Waals surface area contributed by atoms with Crippen LogP contribution in [0.5, 0.6) is 0 Å². The van der Waals surface area contributed by atoms with Crippen LogP contribution in [-0.2, 0) is 29.5 Å². The monoisotopic (exact) mass is 547 g/mol. The Hall–Kier alpha value is -1.56. The zero-order chi connectivity index (χ0) is 21.4. The minimum Gasteiger partial charge on any atom is -1.00 e. The van der Waals surface area contributed by atoms with E-state index in [0.29, 0.717) is 0 Å². The molecule has 3 rings (SSSR count). The van der Waals surface area contributed by atoms with Gasteiger partial charge in [0, 0.05) is 0 Å². The predicted octanol–water partition coefficient (Wildman–Crippen LogP) is 1.59. The average molecular weight is 547 g/mol. The third kappa shape index (κ3) is 10.5. The van der Waals surface area contributed by atoms with E-state index in [9.17, 15) is 8.42 Å². The Morgan fingerprint density at radius 2 is 1.10 bits per heavy atom. The number of nitrogens with two attached hydrogens (primary N) is 1. The largest absolute Gasteiger partial charge is 1.00 e. The van der Waals surface area contributed by atoms with Crippen molar-refractivity contribution >= 4 is 10.0 Å². The van der Waals surface area contributed by atoms with Gasteiger partial charge in [0.25, 0.3) is 0 Å². The molecule has 0 saturated carbocycles. The van der Waals surface area contributed by atoms with E-state index in [4.69, 9.17) is 5.73 Å². The maximum atomic E-state index is 11.6. The van der Waals surface area contributed by atoms with E-state index in [1.165, 1.54) is 16.7 Å². The average Bonchev–Trinajstić information content (AvgIpc) is 2.66. The van der Waals surface area contributed by atoms with E-state index in [1.54, 1.807) is 0 Å². The van der Waals surface area contributed by atoms with Crippen molar-refractivity contribution < 1.29 is 40.3 Å². The molecule has 0 aromatic heterocycles. The Labute approximate surface area is 205 Å². The second-order valence-electron chi connectivity index (χ2n) is 7.38. The Kier molecular flexibility index (Phi) is 13.1. The summed E-state index contributed by atoms with van der Waals surface area (Å²) in [6, 6.07) is 24.4. The third-order valence-corrected chi connectivity index (χ3v) is 5.09. The maximum absolute atomic E-state index is 11.6. The molecule has 0 aliphatic carbocycles. The molecular weight excluding hydrogens is 517 g/mol. The van der Waals surface area contributed by atoms with Crippen LogP contribution in [-0.4, -0.2) is 14.7 Å². The molecular formula is C24H30ClN2O2RuS. The fourth-order valence-electron chi connectivity index (χ4n) is 3.31. The summed E-state index contributed by atoms with van der Waals surface area (Å²) in [7, 11) is -3.35. The number of hydrogen-bond acceptors (Lipinski definition) is 3. The molecule has 0 aliphatic rings. The molecule has 0 spiro atoms. The van der Waals surface area contributed by atoms with Crippen molar-refractivity contribution in [1.82, 2.24) is 4.72 Å². The molecule has 7 heteroatoms. The van der Waals surface area contributed by atoms with E-state index in [0.717, 1.165) is 17.4 Å². The Morgan fingerprint density at radius 3 is 1.45 bits per heavy atom. The van der Waals surface area contributed by atoms with Crippen molar-refractivity contribution in [3.05, 3.63) is 107 Å². The predicted molar refractivity (Wildman–Crippen MR) is 121 cm³/mol. The van der Waals surface area contributed by atoms with Crippen molar-refractivity contribution in [2.75, 3.05) is 6.26 Å². The quantitative estimate of drug-likeness (QED) is 0.478. The normalized spacial score (nSPS) is 12.3. The minimum atomic E-state index is -3.35. The molecule has 0 heterocycles. The Bertz CT molecular complexity index is 966. The molecule has 3 aromatic carbocycles.